The van der Waals surface area contributed by atoms with Crippen LogP contribution >= 0.6 is 0 Å². The van der Waals surface area contributed by atoms with Crippen molar-refractivity contribution >= 4 is 17.0 Å². The highest BCUT2D eigenvalue weighted by Crippen LogP contribution is 2.39. The van der Waals surface area contributed by atoms with Gasteiger partial charge in [-0.1, -0.05) is 26.0 Å². The van der Waals surface area contributed by atoms with Crippen LogP contribution in [-0.4, -0.2) is 26.6 Å². The maximum atomic E-state index is 13.1. The second kappa shape index (κ2) is 6.07. The molecule has 2 fully saturated rings. The molecule has 4 rings (SSSR count). The summed E-state index contributed by atoms with van der Waals surface area (Å²) in [6, 6.07) is 1.52. The molecule has 2 aliphatic rings. The first-order chi connectivity index (χ1) is 12.4. The molecule has 5 nitrogen and oxygen atoms in total. The van der Waals surface area contributed by atoms with Crippen molar-refractivity contribution in [3.63, 3.8) is 0 Å². The number of nitrogens with two attached hydrogens (primary N) is 1. The summed E-state index contributed by atoms with van der Waals surface area (Å²) in [5, 5.41) is 7.87. The molecule has 0 spiro atoms. The zero-order valence-electron chi connectivity index (χ0n) is 14.6. The minimum absolute atomic E-state index is 0.169. The maximum Gasteiger partial charge on any atom is 0.252 e. The van der Waals surface area contributed by atoms with Gasteiger partial charge in [0.15, 0.2) is 5.65 Å². The summed E-state index contributed by atoms with van der Waals surface area (Å²) in [5.74, 6) is -2.22. The van der Waals surface area contributed by atoms with Crippen LogP contribution in [0.3, 0.4) is 0 Å². The standard InChI is InChI=1S/C19H23F2N5/c1-11(22)16-17(13-5-3-4-6-13)25-26-15(7-8-23-18(16)26)12(2)24-14-9-19(20,21)10-14/h7-8,13-14,24H,1-6,9-10,22H2. The fourth-order valence-electron chi connectivity index (χ4n) is 4.07. The molecule has 3 N–H and O–H groups in total. The van der Waals surface area contributed by atoms with E-state index in [0.29, 0.717) is 28.7 Å². The van der Waals surface area contributed by atoms with Crippen molar-refractivity contribution in [1.82, 2.24) is 19.9 Å². The normalized spacial score (nSPS) is 20.2. The Labute approximate surface area is 151 Å². The number of aromatic nitrogens is 3. The highest BCUT2D eigenvalue weighted by Gasteiger charge is 2.45. The Morgan fingerprint density at radius 3 is 2.58 bits per heavy atom. The van der Waals surface area contributed by atoms with Crippen molar-refractivity contribution in [2.24, 2.45) is 5.73 Å². The fourth-order valence-corrected chi connectivity index (χ4v) is 4.07. The smallest absolute Gasteiger partial charge is 0.252 e. The van der Waals surface area contributed by atoms with Gasteiger partial charge in [0.25, 0.3) is 5.92 Å². The molecule has 138 valence electrons. The molecule has 0 amide bonds. The molecule has 0 bridgehead atoms. The Morgan fingerprint density at radius 2 is 1.96 bits per heavy atom. The summed E-state index contributed by atoms with van der Waals surface area (Å²) in [5.41, 5.74) is 10.1. The lowest BCUT2D eigenvalue weighted by Crippen LogP contribution is -2.47. The van der Waals surface area contributed by atoms with E-state index in [1.165, 1.54) is 12.8 Å². The van der Waals surface area contributed by atoms with Crippen LogP contribution in [0.15, 0.2) is 25.4 Å². The molecule has 2 saturated carbocycles. The molecule has 0 atom stereocenters. The van der Waals surface area contributed by atoms with E-state index in [9.17, 15) is 8.78 Å². The average molecular weight is 359 g/mol. The van der Waals surface area contributed by atoms with Gasteiger partial charge in [0.2, 0.25) is 0 Å². The Bertz CT molecular complexity index is 871. The summed E-state index contributed by atoms with van der Waals surface area (Å²) in [7, 11) is 0. The van der Waals surface area contributed by atoms with Crippen molar-refractivity contribution in [2.45, 2.75) is 56.4 Å². The van der Waals surface area contributed by atoms with Gasteiger partial charge in [-0.2, -0.15) is 5.10 Å². The van der Waals surface area contributed by atoms with Gasteiger partial charge in [0, 0.05) is 36.7 Å². The van der Waals surface area contributed by atoms with E-state index in [-0.39, 0.29) is 18.9 Å². The zero-order chi connectivity index (χ0) is 18.5. The number of alkyl halides is 2. The van der Waals surface area contributed by atoms with E-state index in [1.54, 1.807) is 16.8 Å². The van der Waals surface area contributed by atoms with Gasteiger partial charge in [-0.05, 0) is 18.9 Å². The molecule has 26 heavy (non-hydrogen) atoms. The number of hydrogen-bond acceptors (Lipinski definition) is 4. The van der Waals surface area contributed by atoms with Crippen LogP contribution in [0.2, 0.25) is 0 Å². The SMILES string of the molecule is C=C(N)c1c(C2CCCC2)nn2c(C(=C)NC3CC(F)(F)C3)ccnc12. The van der Waals surface area contributed by atoms with Crippen LogP contribution in [-0.2, 0) is 0 Å². The van der Waals surface area contributed by atoms with Crippen LogP contribution in [0.5, 0.6) is 0 Å². The number of rotatable bonds is 5. The number of nitrogens with one attached hydrogen (secondary N) is 1. The minimum Gasteiger partial charge on any atom is -0.399 e. The van der Waals surface area contributed by atoms with Gasteiger partial charge in [-0.25, -0.2) is 18.3 Å². The molecule has 0 unspecified atom stereocenters. The Kier molecular flexibility index (Phi) is 3.97. The van der Waals surface area contributed by atoms with Gasteiger partial charge < -0.3 is 11.1 Å². The number of fused-ring (bicyclic) bond motifs is 1. The van der Waals surface area contributed by atoms with Crippen LogP contribution in [0.25, 0.3) is 17.0 Å². The first-order valence-corrected chi connectivity index (χ1v) is 9.02. The van der Waals surface area contributed by atoms with Gasteiger partial charge in [-0.3, -0.25) is 0 Å². The third-order valence-corrected chi connectivity index (χ3v) is 5.39. The van der Waals surface area contributed by atoms with Crippen LogP contribution in [0, 0.1) is 0 Å². The van der Waals surface area contributed by atoms with Crippen LogP contribution < -0.4 is 11.1 Å². The molecule has 2 aliphatic carbocycles. The van der Waals surface area contributed by atoms with Gasteiger partial charge in [0.1, 0.15) is 0 Å². The van der Waals surface area contributed by atoms with E-state index in [2.05, 4.69) is 23.5 Å². The Balaban J connectivity index is 1.71. The predicted molar refractivity (Wildman–Crippen MR) is 97.6 cm³/mol. The first kappa shape index (κ1) is 17.0. The topological polar surface area (TPSA) is 68.2 Å². The lowest BCUT2D eigenvalue weighted by atomic mass is 9.88. The largest absolute Gasteiger partial charge is 0.399 e. The zero-order valence-corrected chi connectivity index (χ0v) is 14.6. The Morgan fingerprint density at radius 1 is 1.27 bits per heavy atom. The monoisotopic (exact) mass is 359 g/mol. The molecule has 0 saturated heterocycles. The molecule has 0 aromatic carbocycles. The summed E-state index contributed by atoms with van der Waals surface area (Å²) >= 11 is 0. The van der Waals surface area contributed by atoms with Crippen molar-refractivity contribution in [2.75, 3.05) is 0 Å². The Hall–Kier alpha value is -2.44. The van der Waals surface area contributed by atoms with E-state index in [4.69, 9.17) is 10.8 Å². The quantitative estimate of drug-likeness (QED) is 0.855. The van der Waals surface area contributed by atoms with Crippen molar-refractivity contribution in [3.05, 3.63) is 42.4 Å². The molecular weight excluding hydrogens is 336 g/mol. The van der Waals surface area contributed by atoms with Gasteiger partial charge >= 0.3 is 0 Å². The molecule has 0 aliphatic heterocycles. The highest BCUT2D eigenvalue weighted by atomic mass is 19.3. The molecular formula is C19H23F2N5. The maximum absolute atomic E-state index is 13.1. The second-order valence-corrected chi connectivity index (χ2v) is 7.42. The highest BCUT2D eigenvalue weighted by molar-refractivity contribution is 5.76. The second-order valence-electron chi connectivity index (χ2n) is 7.42. The first-order valence-electron chi connectivity index (χ1n) is 9.02. The lowest BCUT2D eigenvalue weighted by Gasteiger charge is -2.36. The molecule has 2 aromatic rings. The minimum atomic E-state index is -2.57. The predicted octanol–water partition coefficient (Wildman–Crippen LogP) is 3.67. The van der Waals surface area contributed by atoms with E-state index in [0.717, 1.165) is 24.1 Å². The third kappa shape index (κ3) is 2.85. The average Bonchev–Trinajstić information content (AvgIpc) is 3.19. The molecule has 7 heteroatoms. The summed E-state index contributed by atoms with van der Waals surface area (Å²) in [6.45, 7) is 7.93. The van der Waals surface area contributed by atoms with Gasteiger partial charge in [0.05, 0.1) is 22.6 Å². The van der Waals surface area contributed by atoms with E-state index < -0.39 is 5.92 Å². The van der Waals surface area contributed by atoms with Crippen LogP contribution in [0.4, 0.5) is 8.78 Å². The number of hydrogen-bond donors (Lipinski definition) is 2. The molecule has 0 radical (unpaired) electrons. The number of halogens is 2. The van der Waals surface area contributed by atoms with Crippen molar-refractivity contribution in [1.29, 1.82) is 0 Å². The lowest BCUT2D eigenvalue weighted by molar-refractivity contribution is -0.0891. The van der Waals surface area contributed by atoms with Crippen LogP contribution in [0.1, 0.15) is 61.4 Å². The summed E-state index contributed by atoms with van der Waals surface area (Å²) < 4.78 is 27.9. The molecule has 2 heterocycles. The van der Waals surface area contributed by atoms with Gasteiger partial charge in [-0.15, -0.1) is 0 Å². The fraction of sp³-hybridized carbons (Fsp3) is 0.474. The van der Waals surface area contributed by atoms with E-state index in [1.807, 2.05) is 0 Å². The summed E-state index contributed by atoms with van der Waals surface area (Å²) in [6.07, 6.45) is 5.85. The van der Waals surface area contributed by atoms with Crippen molar-refractivity contribution in [3.8, 4) is 0 Å². The number of nitrogens with zero attached hydrogens (tertiary/aromatic N) is 3. The van der Waals surface area contributed by atoms with Crippen molar-refractivity contribution < 1.29 is 8.78 Å². The molecule has 2 aromatic heterocycles. The summed E-state index contributed by atoms with van der Waals surface area (Å²) in [4.78, 5) is 4.44. The third-order valence-electron chi connectivity index (χ3n) is 5.39. The van der Waals surface area contributed by atoms with E-state index >= 15 is 0 Å².